The fourth-order valence-corrected chi connectivity index (χ4v) is 3.62. The second-order valence-electron chi connectivity index (χ2n) is 7.78. The largest absolute Gasteiger partial charge is 0.399 e. The summed E-state index contributed by atoms with van der Waals surface area (Å²) in [5.41, 5.74) is 21.8. The molecule has 0 heterocycles. The molecule has 0 aliphatic heterocycles. The van der Waals surface area contributed by atoms with Crippen molar-refractivity contribution in [3.63, 3.8) is 0 Å². The molecule has 4 aromatic carbocycles. The van der Waals surface area contributed by atoms with Crippen LogP contribution >= 0.6 is 0 Å². The molecule has 0 spiro atoms. The Labute approximate surface area is 172 Å². The fraction of sp³-hybridized carbons (Fsp3) is 0.111. The van der Waals surface area contributed by atoms with Crippen LogP contribution in [-0.2, 0) is 0 Å². The van der Waals surface area contributed by atoms with Gasteiger partial charge in [-0.3, -0.25) is 0 Å². The maximum Gasteiger partial charge on any atom is 0.0320 e. The van der Waals surface area contributed by atoms with Crippen molar-refractivity contribution in [1.82, 2.24) is 0 Å². The Hall–Kier alpha value is -3.52. The molecule has 2 heteroatoms. The standard InChI is InChI=1S/C27H26N2/c1-18(2)19-3-7-23(8-4-19)27-17-25(29)15-16-26(27)22-9-5-20(6-10-22)21-11-13-24(28)14-12-21/h3-18H,28-29H2,1-2H3. The Balaban J connectivity index is 1.72. The lowest BCUT2D eigenvalue weighted by atomic mass is 9.91. The van der Waals surface area contributed by atoms with Crippen LogP contribution in [0.1, 0.15) is 25.3 Å². The summed E-state index contributed by atoms with van der Waals surface area (Å²) in [5.74, 6) is 0.519. The van der Waals surface area contributed by atoms with Gasteiger partial charge >= 0.3 is 0 Å². The molecule has 4 N–H and O–H groups in total. The molecule has 0 atom stereocenters. The summed E-state index contributed by atoms with van der Waals surface area (Å²) < 4.78 is 0. The van der Waals surface area contributed by atoms with Gasteiger partial charge in [-0.15, -0.1) is 0 Å². The molecule has 0 amide bonds. The van der Waals surface area contributed by atoms with Gasteiger partial charge in [0.15, 0.2) is 0 Å². The van der Waals surface area contributed by atoms with Crippen molar-refractivity contribution in [1.29, 1.82) is 0 Å². The Morgan fingerprint density at radius 2 is 0.931 bits per heavy atom. The van der Waals surface area contributed by atoms with E-state index in [1.54, 1.807) is 0 Å². The van der Waals surface area contributed by atoms with Crippen LogP contribution in [0.4, 0.5) is 11.4 Å². The lowest BCUT2D eigenvalue weighted by Crippen LogP contribution is -1.92. The van der Waals surface area contributed by atoms with E-state index in [1.165, 1.54) is 27.8 Å². The number of anilines is 2. The highest BCUT2D eigenvalue weighted by Crippen LogP contribution is 2.35. The highest BCUT2D eigenvalue weighted by molar-refractivity contribution is 5.86. The van der Waals surface area contributed by atoms with Gasteiger partial charge < -0.3 is 11.5 Å². The van der Waals surface area contributed by atoms with Crippen molar-refractivity contribution in [2.75, 3.05) is 11.5 Å². The maximum atomic E-state index is 6.12. The van der Waals surface area contributed by atoms with Crippen molar-refractivity contribution >= 4 is 11.4 Å². The zero-order valence-electron chi connectivity index (χ0n) is 16.9. The van der Waals surface area contributed by atoms with Gasteiger partial charge in [0.25, 0.3) is 0 Å². The molecule has 0 unspecified atom stereocenters. The smallest absolute Gasteiger partial charge is 0.0320 e. The molecule has 4 rings (SSSR count). The van der Waals surface area contributed by atoms with E-state index in [2.05, 4.69) is 86.6 Å². The maximum absolute atomic E-state index is 6.12. The second-order valence-corrected chi connectivity index (χ2v) is 7.78. The Morgan fingerprint density at radius 3 is 1.52 bits per heavy atom. The van der Waals surface area contributed by atoms with E-state index in [4.69, 9.17) is 11.5 Å². The summed E-state index contributed by atoms with van der Waals surface area (Å²) in [6, 6.07) is 31.6. The number of nitrogen functional groups attached to an aromatic ring is 2. The first-order valence-electron chi connectivity index (χ1n) is 9.97. The van der Waals surface area contributed by atoms with Crippen molar-refractivity contribution in [2.24, 2.45) is 0 Å². The summed E-state index contributed by atoms with van der Waals surface area (Å²) in [6.45, 7) is 4.42. The van der Waals surface area contributed by atoms with E-state index in [1.807, 2.05) is 18.2 Å². The van der Waals surface area contributed by atoms with Gasteiger partial charge in [-0.25, -0.2) is 0 Å². The predicted molar refractivity (Wildman–Crippen MR) is 126 cm³/mol. The number of rotatable bonds is 4. The molecular weight excluding hydrogens is 352 g/mol. The Kier molecular flexibility index (Phi) is 5.09. The Bertz CT molecular complexity index is 1110. The van der Waals surface area contributed by atoms with E-state index >= 15 is 0 Å². The van der Waals surface area contributed by atoms with E-state index in [9.17, 15) is 0 Å². The first-order valence-corrected chi connectivity index (χ1v) is 9.97. The van der Waals surface area contributed by atoms with Crippen molar-refractivity contribution in [2.45, 2.75) is 19.8 Å². The van der Waals surface area contributed by atoms with E-state index < -0.39 is 0 Å². The topological polar surface area (TPSA) is 52.0 Å². The van der Waals surface area contributed by atoms with Crippen LogP contribution in [0.25, 0.3) is 33.4 Å². The minimum atomic E-state index is 0.519. The summed E-state index contributed by atoms with van der Waals surface area (Å²) in [7, 11) is 0. The van der Waals surface area contributed by atoms with Gasteiger partial charge in [0, 0.05) is 11.4 Å². The van der Waals surface area contributed by atoms with Gasteiger partial charge in [-0.1, -0.05) is 80.6 Å². The molecule has 4 aromatic rings. The molecular formula is C27H26N2. The highest BCUT2D eigenvalue weighted by atomic mass is 14.5. The number of hydrogen-bond acceptors (Lipinski definition) is 2. The first kappa shape index (κ1) is 18.8. The molecule has 144 valence electrons. The fourth-order valence-electron chi connectivity index (χ4n) is 3.62. The van der Waals surface area contributed by atoms with E-state index in [0.29, 0.717) is 5.92 Å². The zero-order valence-corrected chi connectivity index (χ0v) is 16.9. The molecule has 0 aliphatic carbocycles. The summed E-state index contributed by atoms with van der Waals surface area (Å²) in [6.07, 6.45) is 0. The quantitative estimate of drug-likeness (QED) is 0.377. The Morgan fingerprint density at radius 1 is 0.483 bits per heavy atom. The second kappa shape index (κ2) is 7.84. The van der Waals surface area contributed by atoms with Crippen LogP contribution in [0, 0.1) is 0 Å². The van der Waals surface area contributed by atoms with Gasteiger partial charge in [0.05, 0.1) is 0 Å². The molecule has 0 aliphatic rings. The van der Waals surface area contributed by atoms with Crippen molar-refractivity contribution in [3.8, 4) is 33.4 Å². The van der Waals surface area contributed by atoms with Gasteiger partial charge in [-0.05, 0) is 69.1 Å². The van der Waals surface area contributed by atoms with E-state index in [0.717, 1.165) is 22.5 Å². The summed E-state index contributed by atoms with van der Waals surface area (Å²) in [4.78, 5) is 0. The molecule has 0 saturated heterocycles. The lowest BCUT2D eigenvalue weighted by molar-refractivity contribution is 0.867. The third-order valence-electron chi connectivity index (χ3n) is 5.37. The molecule has 0 fully saturated rings. The number of benzene rings is 4. The van der Waals surface area contributed by atoms with Crippen LogP contribution in [0.15, 0.2) is 91.0 Å². The monoisotopic (exact) mass is 378 g/mol. The molecule has 0 bridgehead atoms. The van der Waals surface area contributed by atoms with Gasteiger partial charge in [0.1, 0.15) is 0 Å². The van der Waals surface area contributed by atoms with Gasteiger partial charge in [0.2, 0.25) is 0 Å². The van der Waals surface area contributed by atoms with Crippen molar-refractivity contribution in [3.05, 3.63) is 96.6 Å². The minimum Gasteiger partial charge on any atom is -0.399 e. The molecule has 0 saturated carbocycles. The van der Waals surface area contributed by atoms with E-state index in [-0.39, 0.29) is 0 Å². The average Bonchev–Trinajstić information content (AvgIpc) is 2.74. The number of nitrogens with two attached hydrogens (primary N) is 2. The third kappa shape index (κ3) is 4.02. The average molecular weight is 379 g/mol. The van der Waals surface area contributed by atoms with Crippen LogP contribution in [0.5, 0.6) is 0 Å². The lowest BCUT2D eigenvalue weighted by Gasteiger charge is -2.13. The molecule has 0 radical (unpaired) electrons. The highest BCUT2D eigenvalue weighted by Gasteiger charge is 2.10. The SMILES string of the molecule is CC(C)c1ccc(-c2cc(N)ccc2-c2ccc(-c3ccc(N)cc3)cc2)cc1. The normalized spacial score (nSPS) is 11.0. The van der Waals surface area contributed by atoms with Crippen molar-refractivity contribution < 1.29 is 0 Å². The molecule has 29 heavy (non-hydrogen) atoms. The third-order valence-corrected chi connectivity index (χ3v) is 5.37. The molecule has 2 nitrogen and oxygen atoms in total. The first-order chi connectivity index (χ1) is 14.0. The van der Waals surface area contributed by atoms with Crippen LogP contribution in [0.2, 0.25) is 0 Å². The minimum absolute atomic E-state index is 0.519. The zero-order chi connectivity index (χ0) is 20.4. The predicted octanol–water partition coefficient (Wildman–Crippen LogP) is 6.98. The molecule has 0 aromatic heterocycles. The van der Waals surface area contributed by atoms with Crippen LogP contribution < -0.4 is 11.5 Å². The van der Waals surface area contributed by atoms with Gasteiger partial charge in [-0.2, -0.15) is 0 Å². The summed E-state index contributed by atoms with van der Waals surface area (Å²) >= 11 is 0. The summed E-state index contributed by atoms with van der Waals surface area (Å²) in [5, 5.41) is 0. The van der Waals surface area contributed by atoms with Crippen LogP contribution in [0.3, 0.4) is 0 Å². The van der Waals surface area contributed by atoms with Crippen LogP contribution in [-0.4, -0.2) is 0 Å². The number of hydrogen-bond donors (Lipinski definition) is 2.